The van der Waals surface area contributed by atoms with Gasteiger partial charge in [0.15, 0.2) is 0 Å². The summed E-state index contributed by atoms with van der Waals surface area (Å²) in [7, 11) is -3.77. The van der Waals surface area contributed by atoms with Crippen LogP contribution in [0.2, 0.25) is 0 Å². The first-order valence-electron chi connectivity index (χ1n) is 9.38. The molecule has 2 N–H and O–H groups in total. The molecule has 3 aromatic carbocycles. The third-order valence-electron chi connectivity index (χ3n) is 4.55. The fraction of sp³-hybridized carbons (Fsp3) is 0.174. The minimum Gasteiger partial charge on any atom is -0.352 e. The average molecular weight is 409 g/mol. The van der Waals surface area contributed by atoms with Crippen molar-refractivity contribution in [1.29, 1.82) is 0 Å². The average Bonchev–Trinajstić information content (AvgIpc) is 2.73. The topological polar surface area (TPSA) is 75.3 Å². The van der Waals surface area contributed by atoms with Gasteiger partial charge in [-0.25, -0.2) is 13.1 Å². The molecule has 150 valence electrons. The van der Waals surface area contributed by atoms with Crippen LogP contribution < -0.4 is 10.0 Å². The van der Waals surface area contributed by atoms with Crippen LogP contribution in [0.4, 0.5) is 0 Å². The van der Waals surface area contributed by atoms with Gasteiger partial charge < -0.3 is 5.32 Å². The molecule has 0 aliphatic rings. The molecule has 0 radical (unpaired) electrons. The van der Waals surface area contributed by atoms with E-state index in [9.17, 15) is 13.2 Å². The van der Waals surface area contributed by atoms with Crippen LogP contribution in [0.25, 0.3) is 0 Å². The minimum absolute atomic E-state index is 0.00192. The van der Waals surface area contributed by atoms with E-state index in [-0.39, 0.29) is 17.2 Å². The molecule has 5 nitrogen and oxygen atoms in total. The van der Waals surface area contributed by atoms with Gasteiger partial charge in [-0.3, -0.25) is 4.79 Å². The van der Waals surface area contributed by atoms with Gasteiger partial charge in [0.25, 0.3) is 0 Å². The highest BCUT2D eigenvalue weighted by Crippen LogP contribution is 2.21. The lowest BCUT2D eigenvalue weighted by atomic mass is 10.0. The molecule has 0 fully saturated rings. The molecule has 0 bridgehead atoms. The summed E-state index contributed by atoms with van der Waals surface area (Å²) in [5.41, 5.74) is 2.69. The van der Waals surface area contributed by atoms with Crippen molar-refractivity contribution in [3.63, 3.8) is 0 Å². The second kappa shape index (κ2) is 9.49. The molecule has 0 aromatic heterocycles. The Hall–Kier alpha value is -2.96. The highest BCUT2D eigenvalue weighted by molar-refractivity contribution is 7.89. The molecule has 0 aliphatic carbocycles. The van der Waals surface area contributed by atoms with Crippen LogP contribution >= 0.6 is 0 Å². The zero-order chi connectivity index (χ0) is 20.7. The maximum atomic E-state index is 12.8. The van der Waals surface area contributed by atoms with Crippen LogP contribution in [0.15, 0.2) is 89.8 Å². The van der Waals surface area contributed by atoms with Gasteiger partial charge in [-0.1, -0.05) is 78.4 Å². The number of aryl methyl sites for hydroxylation is 1. The molecule has 1 atom stereocenters. The van der Waals surface area contributed by atoms with Gasteiger partial charge in [0.05, 0.1) is 10.9 Å². The monoisotopic (exact) mass is 408 g/mol. The van der Waals surface area contributed by atoms with Gasteiger partial charge in [-0.05, 0) is 30.2 Å². The molecule has 0 saturated heterocycles. The smallest absolute Gasteiger partial charge is 0.241 e. The molecule has 1 amide bonds. The van der Waals surface area contributed by atoms with E-state index in [1.165, 1.54) is 0 Å². The van der Waals surface area contributed by atoms with Crippen LogP contribution in [0.1, 0.15) is 29.2 Å². The van der Waals surface area contributed by atoms with Gasteiger partial charge in [-0.2, -0.15) is 0 Å². The van der Waals surface area contributed by atoms with E-state index in [2.05, 4.69) is 10.0 Å². The van der Waals surface area contributed by atoms with Crippen molar-refractivity contribution in [3.05, 3.63) is 102 Å². The number of benzene rings is 3. The molecule has 0 heterocycles. The van der Waals surface area contributed by atoms with Gasteiger partial charge >= 0.3 is 0 Å². The molecule has 3 aromatic rings. The lowest BCUT2D eigenvalue weighted by Gasteiger charge is -2.19. The zero-order valence-corrected chi connectivity index (χ0v) is 17.0. The number of carbonyl (C=O) groups excluding carboxylic acids is 1. The van der Waals surface area contributed by atoms with Gasteiger partial charge in [0.2, 0.25) is 15.9 Å². The van der Waals surface area contributed by atoms with Crippen molar-refractivity contribution in [2.24, 2.45) is 0 Å². The van der Waals surface area contributed by atoms with E-state index >= 15 is 0 Å². The van der Waals surface area contributed by atoms with E-state index in [0.717, 1.165) is 16.7 Å². The molecule has 6 heteroatoms. The van der Waals surface area contributed by atoms with Crippen LogP contribution in [0.5, 0.6) is 0 Å². The summed E-state index contributed by atoms with van der Waals surface area (Å²) in [6.45, 7) is 2.29. The van der Waals surface area contributed by atoms with E-state index in [1.54, 1.807) is 24.3 Å². The third kappa shape index (κ3) is 6.01. The Balaban J connectivity index is 1.74. The highest BCUT2D eigenvalue weighted by atomic mass is 32.2. The Morgan fingerprint density at radius 3 is 2.07 bits per heavy atom. The Kier molecular flexibility index (Phi) is 6.80. The van der Waals surface area contributed by atoms with E-state index in [1.807, 2.05) is 67.6 Å². The van der Waals surface area contributed by atoms with Crippen LogP contribution in [0, 0.1) is 6.92 Å². The van der Waals surface area contributed by atoms with Crippen molar-refractivity contribution in [2.75, 3.05) is 0 Å². The number of carbonyl (C=O) groups is 1. The zero-order valence-electron chi connectivity index (χ0n) is 16.2. The van der Waals surface area contributed by atoms with E-state index in [0.29, 0.717) is 6.54 Å². The van der Waals surface area contributed by atoms with Gasteiger partial charge in [-0.15, -0.1) is 0 Å². The standard InChI is InChI=1S/C23H24N2O3S/c1-18-12-14-21(15-13-18)29(27,28)25-22(20-10-6-3-7-11-20)16-23(26)24-17-19-8-4-2-5-9-19/h2-15,22,25H,16-17H2,1H3,(H,24,26). The van der Waals surface area contributed by atoms with Crippen LogP contribution in [-0.4, -0.2) is 14.3 Å². The van der Waals surface area contributed by atoms with Gasteiger partial charge in [0.1, 0.15) is 0 Å². The fourth-order valence-corrected chi connectivity index (χ4v) is 4.16. The molecular formula is C23H24N2O3S. The lowest BCUT2D eigenvalue weighted by Crippen LogP contribution is -2.33. The summed E-state index contributed by atoms with van der Waals surface area (Å²) < 4.78 is 28.4. The summed E-state index contributed by atoms with van der Waals surface area (Å²) in [4.78, 5) is 12.7. The summed E-state index contributed by atoms with van der Waals surface area (Å²) in [6, 6.07) is 24.7. The molecular weight excluding hydrogens is 384 g/mol. The third-order valence-corrected chi connectivity index (χ3v) is 6.04. The number of amides is 1. The number of rotatable bonds is 8. The number of sulfonamides is 1. The normalized spacial score (nSPS) is 12.3. The molecule has 1 unspecified atom stereocenters. The highest BCUT2D eigenvalue weighted by Gasteiger charge is 2.23. The minimum atomic E-state index is -3.77. The Bertz CT molecular complexity index is 1030. The molecule has 0 saturated carbocycles. The maximum absolute atomic E-state index is 12.8. The summed E-state index contributed by atoms with van der Waals surface area (Å²) >= 11 is 0. The van der Waals surface area contributed by atoms with Crippen LogP contribution in [0.3, 0.4) is 0 Å². The van der Waals surface area contributed by atoms with Crippen molar-refractivity contribution in [1.82, 2.24) is 10.0 Å². The maximum Gasteiger partial charge on any atom is 0.241 e. The predicted molar refractivity (Wildman–Crippen MR) is 114 cm³/mol. The Morgan fingerprint density at radius 1 is 0.862 bits per heavy atom. The first kappa shape index (κ1) is 20.8. The second-order valence-corrected chi connectivity index (χ2v) is 8.58. The summed E-state index contributed by atoms with van der Waals surface area (Å²) in [5.74, 6) is -0.227. The van der Waals surface area contributed by atoms with Gasteiger partial charge in [0, 0.05) is 13.0 Å². The second-order valence-electron chi connectivity index (χ2n) is 6.86. The molecule has 0 spiro atoms. The number of hydrogen-bond donors (Lipinski definition) is 2. The fourth-order valence-electron chi connectivity index (χ4n) is 2.94. The molecule has 0 aliphatic heterocycles. The lowest BCUT2D eigenvalue weighted by molar-refractivity contribution is -0.121. The van der Waals surface area contributed by atoms with Crippen molar-refractivity contribution >= 4 is 15.9 Å². The van der Waals surface area contributed by atoms with E-state index < -0.39 is 16.1 Å². The first-order chi connectivity index (χ1) is 13.9. The quantitative estimate of drug-likeness (QED) is 0.596. The number of nitrogens with one attached hydrogen (secondary N) is 2. The van der Waals surface area contributed by atoms with Crippen molar-refractivity contribution < 1.29 is 13.2 Å². The summed E-state index contributed by atoms with van der Waals surface area (Å²) in [6.07, 6.45) is 0.00192. The van der Waals surface area contributed by atoms with Crippen LogP contribution in [-0.2, 0) is 21.4 Å². The van der Waals surface area contributed by atoms with Crippen molar-refractivity contribution in [2.45, 2.75) is 30.8 Å². The Labute approximate surface area is 171 Å². The first-order valence-corrected chi connectivity index (χ1v) is 10.9. The SMILES string of the molecule is Cc1ccc(S(=O)(=O)NC(CC(=O)NCc2ccccc2)c2ccccc2)cc1. The molecule has 3 rings (SSSR count). The number of hydrogen-bond acceptors (Lipinski definition) is 3. The van der Waals surface area contributed by atoms with Crippen molar-refractivity contribution in [3.8, 4) is 0 Å². The largest absolute Gasteiger partial charge is 0.352 e. The summed E-state index contributed by atoms with van der Waals surface area (Å²) in [5, 5.41) is 2.86. The molecule has 29 heavy (non-hydrogen) atoms. The predicted octanol–water partition coefficient (Wildman–Crippen LogP) is 3.72. The van der Waals surface area contributed by atoms with E-state index in [4.69, 9.17) is 0 Å². The Morgan fingerprint density at radius 2 is 1.45 bits per heavy atom.